The first kappa shape index (κ1) is 31.7. The van der Waals surface area contributed by atoms with Crippen molar-refractivity contribution in [3.05, 3.63) is 70.2 Å². The normalized spacial score (nSPS) is 10.1. The second kappa shape index (κ2) is 15.8. The average Bonchev–Trinajstić information content (AvgIpc) is 2.94. The molecule has 4 aromatic rings. The molecule has 0 unspecified atom stereocenters. The second-order valence-electron chi connectivity index (χ2n) is 7.78. The number of amides is 1. The Morgan fingerprint density at radius 2 is 1.21 bits per heavy atom. The van der Waals surface area contributed by atoms with Crippen LogP contribution in [0, 0.1) is 0 Å². The Morgan fingerprint density at radius 1 is 0.738 bits per heavy atom. The Kier molecular flexibility index (Phi) is 12.0. The lowest BCUT2D eigenvalue weighted by Crippen LogP contribution is -2.16. The number of halogens is 2. The molecule has 0 bridgehead atoms. The minimum atomic E-state index is -0.711. The number of carbonyl (C=O) groups excluding carboxylic acids is 2. The molecule has 16 heteroatoms. The van der Waals surface area contributed by atoms with Crippen LogP contribution in [-0.2, 0) is 4.74 Å². The van der Waals surface area contributed by atoms with Crippen LogP contribution in [0.15, 0.2) is 48.5 Å². The van der Waals surface area contributed by atoms with Crippen molar-refractivity contribution in [3.8, 4) is 11.8 Å². The number of rotatable bonds is 11. The lowest BCUT2D eigenvalue weighted by Gasteiger charge is -2.10. The highest BCUT2D eigenvalue weighted by atomic mass is 35.5. The molecule has 42 heavy (non-hydrogen) atoms. The molecular formula is C26H27Cl2N9O5. The minimum Gasteiger partial charge on any atom is -0.478 e. The molecule has 14 nitrogen and oxygen atoms in total. The third-order valence-electron chi connectivity index (χ3n) is 4.79. The summed E-state index contributed by atoms with van der Waals surface area (Å²) in [5.41, 5.74) is 5.94. The van der Waals surface area contributed by atoms with Gasteiger partial charge in [-0.15, -0.1) is 20.4 Å². The van der Waals surface area contributed by atoms with Crippen LogP contribution in [0.3, 0.4) is 0 Å². The fourth-order valence-electron chi connectivity index (χ4n) is 3.16. The lowest BCUT2D eigenvalue weighted by molar-refractivity contribution is 0.0519. The number of nitrogens with one attached hydrogen (secondary N) is 2. The summed E-state index contributed by atoms with van der Waals surface area (Å²) in [5.74, 6) is 0.598. The van der Waals surface area contributed by atoms with Gasteiger partial charge in [0.2, 0.25) is 11.8 Å². The molecule has 0 aliphatic carbocycles. The molecule has 0 aliphatic heterocycles. The predicted octanol–water partition coefficient (Wildman–Crippen LogP) is 4.61. The number of pyridine rings is 2. The number of primary amides is 1. The molecule has 0 aromatic carbocycles. The van der Waals surface area contributed by atoms with Gasteiger partial charge in [-0.1, -0.05) is 35.3 Å². The van der Waals surface area contributed by atoms with Gasteiger partial charge in [0, 0.05) is 24.3 Å². The first-order valence-corrected chi connectivity index (χ1v) is 13.3. The van der Waals surface area contributed by atoms with Crippen molar-refractivity contribution in [2.24, 2.45) is 5.73 Å². The van der Waals surface area contributed by atoms with E-state index in [0.717, 1.165) is 0 Å². The van der Waals surface area contributed by atoms with Gasteiger partial charge in [-0.3, -0.25) is 4.79 Å². The number of hydrogen-bond acceptors (Lipinski definition) is 13. The molecule has 0 saturated carbocycles. The highest BCUT2D eigenvalue weighted by Crippen LogP contribution is 2.23. The van der Waals surface area contributed by atoms with Crippen LogP contribution in [0.5, 0.6) is 11.8 Å². The molecule has 4 N–H and O–H groups in total. The first-order chi connectivity index (χ1) is 20.2. The highest BCUT2D eigenvalue weighted by Gasteiger charge is 2.17. The van der Waals surface area contributed by atoms with Crippen LogP contribution in [-0.4, -0.2) is 62.1 Å². The van der Waals surface area contributed by atoms with Crippen LogP contribution in [0.4, 0.5) is 23.0 Å². The van der Waals surface area contributed by atoms with Gasteiger partial charge in [0.1, 0.15) is 11.6 Å². The summed E-state index contributed by atoms with van der Waals surface area (Å²) in [6, 6.07) is 13.4. The fraction of sp³-hybridized carbons (Fsp3) is 0.231. The highest BCUT2D eigenvalue weighted by molar-refractivity contribution is 6.30. The largest absolute Gasteiger partial charge is 0.478 e. The molecular weight excluding hydrogens is 589 g/mol. The zero-order chi connectivity index (χ0) is 30.5. The average molecular weight is 616 g/mol. The van der Waals surface area contributed by atoms with Crippen LogP contribution < -0.4 is 25.8 Å². The van der Waals surface area contributed by atoms with Crippen molar-refractivity contribution in [1.82, 2.24) is 30.4 Å². The minimum absolute atomic E-state index is 0.0157. The topological polar surface area (TPSA) is 189 Å². The standard InChI is InChI=1S/C14H15ClN4O3.C12H12ClN5O2/c1-3-21-12-7-5-6-11(17-12)16-9-8-10(15)18-19-13(9)14(20)22-4-2;1-2-20-10-5-3-4-9(16-10)15-7-6-8(13)17-18-11(7)12(14)19/h5-8H,3-4H2,1-2H3,(H,16,17,18);3-6H,2H2,1H3,(H2,14,19)(H,15,16,17). The van der Waals surface area contributed by atoms with Gasteiger partial charge in [-0.2, -0.15) is 9.97 Å². The maximum Gasteiger partial charge on any atom is 0.361 e. The molecule has 0 radical (unpaired) electrons. The molecule has 4 heterocycles. The second-order valence-corrected chi connectivity index (χ2v) is 8.56. The number of hydrogen-bond donors (Lipinski definition) is 3. The zero-order valence-electron chi connectivity index (χ0n) is 22.8. The number of aromatic nitrogens is 6. The molecule has 0 aliphatic rings. The molecule has 4 aromatic heterocycles. The maximum atomic E-state index is 11.9. The van der Waals surface area contributed by atoms with E-state index in [4.69, 9.17) is 43.1 Å². The molecule has 220 valence electrons. The Morgan fingerprint density at radius 3 is 1.67 bits per heavy atom. The van der Waals surface area contributed by atoms with E-state index >= 15 is 0 Å². The quantitative estimate of drug-likeness (QED) is 0.198. The van der Waals surface area contributed by atoms with Crippen molar-refractivity contribution in [3.63, 3.8) is 0 Å². The zero-order valence-corrected chi connectivity index (χ0v) is 24.3. The van der Waals surface area contributed by atoms with Crippen LogP contribution in [0.2, 0.25) is 10.3 Å². The summed E-state index contributed by atoms with van der Waals surface area (Å²) in [7, 11) is 0. The van der Waals surface area contributed by atoms with E-state index in [1.54, 1.807) is 43.3 Å². The first-order valence-electron chi connectivity index (χ1n) is 12.5. The number of nitrogens with two attached hydrogens (primary N) is 1. The summed E-state index contributed by atoms with van der Waals surface area (Å²) in [6.45, 7) is 6.69. The van der Waals surface area contributed by atoms with E-state index in [2.05, 4.69) is 41.0 Å². The van der Waals surface area contributed by atoms with Gasteiger partial charge in [0.05, 0.1) is 31.2 Å². The lowest BCUT2D eigenvalue weighted by atomic mass is 10.3. The Balaban J connectivity index is 0.000000231. The van der Waals surface area contributed by atoms with Gasteiger partial charge >= 0.3 is 5.97 Å². The molecule has 0 saturated heterocycles. The van der Waals surface area contributed by atoms with Crippen molar-refractivity contribution in [2.45, 2.75) is 20.8 Å². The van der Waals surface area contributed by atoms with E-state index in [1.165, 1.54) is 12.1 Å². The number of anilines is 4. The van der Waals surface area contributed by atoms with Crippen molar-refractivity contribution < 1.29 is 23.8 Å². The van der Waals surface area contributed by atoms with Crippen LogP contribution in [0.25, 0.3) is 0 Å². The predicted molar refractivity (Wildman–Crippen MR) is 156 cm³/mol. The van der Waals surface area contributed by atoms with E-state index in [0.29, 0.717) is 48.0 Å². The summed E-state index contributed by atoms with van der Waals surface area (Å²) in [4.78, 5) is 31.6. The van der Waals surface area contributed by atoms with Crippen LogP contribution >= 0.6 is 23.2 Å². The molecule has 0 fully saturated rings. The summed E-state index contributed by atoms with van der Waals surface area (Å²) in [5, 5.41) is 20.8. The van der Waals surface area contributed by atoms with Crippen molar-refractivity contribution in [1.29, 1.82) is 0 Å². The fourth-order valence-corrected chi connectivity index (χ4v) is 3.45. The monoisotopic (exact) mass is 615 g/mol. The van der Waals surface area contributed by atoms with Crippen molar-refractivity contribution >= 4 is 58.1 Å². The van der Waals surface area contributed by atoms with Gasteiger partial charge in [0.25, 0.3) is 5.91 Å². The summed E-state index contributed by atoms with van der Waals surface area (Å²) < 4.78 is 15.6. The molecule has 4 rings (SSSR count). The smallest absolute Gasteiger partial charge is 0.361 e. The molecule has 0 atom stereocenters. The number of esters is 1. The van der Waals surface area contributed by atoms with E-state index in [1.807, 2.05) is 13.8 Å². The van der Waals surface area contributed by atoms with Crippen LogP contribution in [0.1, 0.15) is 41.7 Å². The van der Waals surface area contributed by atoms with Gasteiger partial charge in [-0.05, 0) is 32.9 Å². The summed E-state index contributed by atoms with van der Waals surface area (Å²) >= 11 is 11.6. The third kappa shape index (κ3) is 9.38. The van der Waals surface area contributed by atoms with E-state index < -0.39 is 11.9 Å². The Hall–Kier alpha value is -4.82. The van der Waals surface area contributed by atoms with Gasteiger partial charge in [0.15, 0.2) is 21.7 Å². The molecule has 0 spiro atoms. The number of ether oxygens (including phenoxy) is 3. The Bertz CT molecular complexity index is 1530. The number of carbonyl (C=O) groups is 2. The molecule has 1 amide bonds. The summed E-state index contributed by atoms with van der Waals surface area (Å²) in [6.07, 6.45) is 0. The maximum absolute atomic E-state index is 11.9. The van der Waals surface area contributed by atoms with Gasteiger partial charge < -0.3 is 30.6 Å². The van der Waals surface area contributed by atoms with Crippen molar-refractivity contribution in [2.75, 3.05) is 30.5 Å². The SMILES string of the molecule is CCOC(=O)c1nnc(Cl)cc1Nc1cccc(OCC)n1.CCOc1cccc(Nc2cc(Cl)nnc2C(N)=O)n1. The van der Waals surface area contributed by atoms with E-state index in [9.17, 15) is 9.59 Å². The number of nitrogens with zero attached hydrogens (tertiary/aromatic N) is 6. The third-order valence-corrected chi connectivity index (χ3v) is 5.16. The van der Waals surface area contributed by atoms with E-state index in [-0.39, 0.29) is 28.3 Å². The Labute approximate surface area is 250 Å². The van der Waals surface area contributed by atoms with Gasteiger partial charge in [-0.25, -0.2) is 4.79 Å².